The maximum Gasteiger partial charge on any atom is 0.421 e. The van der Waals surface area contributed by atoms with Crippen molar-refractivity contribution in [2.24, 2.45) is 0 Å². The van der Waals surface area contributed by atoms with E-state index in [-0.39, 0.29) is 34.7 Å². The van der Waals surface area contributed by atoms with Crippen LogP contribution in [0.3, 0.4) is 0 Å². The van der Waals surface area contributed by atoms with Crippen molar-refractivity contribution < 1.29 is 31.1 Å². The Balaban J connectivity index is 1.60. The van der Waals surface area contributed by atoms with Gasteiger partial charge in [-0.3, -0.25) is 0 Å². The summed E-state index contributed by atoms with van der Waals surface area (Å²) >= 11 is 2.37. The van der Waals surface area contributed by atoms with Crippen LogP contribution in [0, 0.1) is 5.82 Å². The topological polar surface area (TPSA) is 60.9 Å². The number of aliphatic hydroxyl groups is 1. The van der Waals surface area contributed by atoms with Crippen LogP contribution in [0.2, 0.25) is 0 Å². The van der Waals surface area contributed by atoms with Gasteiger partial charge in [0.05, 0.1) is 6.04 Å². The lowest BCUT2D eigenvalue weighted by Gasteiger charge is -2.42. The summed E-state index contributed by atoms with van der Waals surface area (Å²) in [5.41, 5.74) is -2.71. The number of benzene rings is 2. The lowest BCUT2D eigenvalue weighted by atomic mass is 9.95. The number of hydrogen-bond acceptors (Lipinski definition) is 6. The Labute approximate surface area is 215 Å². The highest BCUT2D eigenvalue weighted by Gasteiger charge is 2.51. The molecule has 0 unspecified atom stereocenters. The van der Waals surface area contributed by atoms with E-state index in [9.17, 15) is 31.1 Å². The molecule has 0 radical (unpaired) electrons. The zero-order valence-corrected chi connectivity index (χ0v) is 21.6. The van der Waals surface area contributed by atoms with Crippen LogP contribution in [-0.2, 0) is 15.6 Å². The summed E-state index contributed by atoms with van der Waals surface area (Å²) in [4.78, 5) is 2.34. The van der Waals surface area contributed by atoms with Crippen LogP contribution >= 0.6 is 23.1 Å². The van der Waals surface area contributed by atoms with Crippen LogP contribution in [-0.4, -0.2) is 55.4 Å². The molecule has 4 rings (SSSR count). The second-order valence-corrected chi connectivity index (χ2v) is 12.7. The minimum absolute atomic E-state index is 0.129. The lowest BCUT2D eigenvalue weighted by Crippen LogP contribution is -2.55. The summed E-state index contributed by atoms with van der Waals surface area (Å²) in [7, 11) is -3.71. The Morgan fingerprint density at radius 3 is 2.36 bits per heavy atom. The lowest BCUT2D eigenvalue weighted by molar-refractivity contribution is -0.258. The minimum atomic E-state index is -4.84. The second kappa shape index (κ2) is 10.3. The van der Waals surface area contributed by atoms with Gasteiger partial charge in [-0.25, -0.2) is 12.8 Å². The average molecular weight is 561 g/mol. The molecule has 1 fully saturated rings. The normalized spacial score (nSPS) is 19.3. The number of hydrogen-bond donors (Lipinski definition) is 1. The fourth-order valence-electron chi connectivity index (χ4n) is 3.95. The molecule has 194 valence electrons. The first-order chi connectivity index (χ1) is 16.9. The van der Waals surface area contributed by atoms with Gasteiger partial charge in [-0.05, 0) is 48.2 Å². The first-order valence-corrected chi connectivity index (χ1v) is 14.3. The molecule has 0 spiro atoms. The number of nitrogens with zero attached hydrogens (tertiary/aromatic N) is 2. The summed E-state index contributed by atoms with van der Waals surface area (Å²) in [5, 5.41) is 11.7. The molecule has 1 aliphatic heterocycles. The van der Waals surface area contributed by atoms with Gasteiger partial charge in [0, 0.05) is 36.0 Å². The van der Waals surface area contributed by atoms with E-state index in [1.165, 1.54) is 46.4 Å². The van der Waals surface area contributed by atoms with Crippen molar-refractivity contribution in [3.05, 3.63) is 77.4 Å². The van der Waals surface area contributed by atoms with Crippen molar-refractivity contribution in [2.45, 2.75) is 33.8 Å². The van der Waals surface area contributed by atoms with Crippen LogP contribution in [0.1, 0.15) is 12.5 Å². The van der Waals surface area contributed by atoms with E-state index >= 15 is 0 Å². The van der Waals surface area contributed by atoms with Crippen molar-refractivity contribution in [3.8, 4) is 0 Å². The molecule has 3 aromatic rings. The molecular formula is C24H24F4N2O3S3. The molecule has 0 bridgehead atoms. The molecule has 1 aromatic heterocycles. The SMILES string of the molecule is C[C@@](O)(c1ccc(N2CCN(S(=O)(=O)c3cccs3)C[C@@H]2CSc2ccccc2F)cc1)C(F)(F)F. The molecule has 2 heterocycles. The summed E-state index contributed by atoms with van der Waals surface area (Å²) in [6, 6.07) is 14.5. The molecule has 1 saturated heterocycles. The molecule has 0 aliphatic carbocycles. The van der Waals surface area contributed by atoms with Gasteiger partial charge in [0.15, 0.2) is 5.60 Å². The van der Waals surface area contributed by atoms with Crippen molar-refractivity contribution in [1.29, 1.82) is 0 Å². The van der Waals surface area contributed by atoms with Gasteiger partial charge in [-0.2, -0.15) is 17.5 Å². The summed E-state index contributed by atoms with van der Waals surface area (Å²) in [6.45, 7) is 1.30. The summed E-state index contributed by atoms with van der Waals surface area (Å²) in [5.74, 6) is -0.0361. The molecule has 2 atom stereocenters. The molecule has 36 heavy (non-hydrogen) atoms. The van der Waals surface area contributed by atoms with Gasteiger partial charge in [-0.15, -0.1) is 23.1 Å². The van der Waals surface area contributed by atoms with Crippen LogP contribution < -0.4 is 4.90 Å². The van der Waals surface area contributed by atoms with E-state index in [4.69, 9.17) is 0 Å². The third kappa shape index (κ3) is 5.42. The van der Waals surface area contributed by atoms with E-state index in [1.54, 1.807) is 35.7 Å². The fraction of sp³-hybridized carbons (Fsp3) is 0.333. The van der Waals surface area contributed by atoms with E-state index in [0.29, 0.717) is 29.8 Å². The van der Waals surface area contributed by atoms with Gasteiger partial charge in [-0.1, -0.05) is 30.3 Å². The summed E-state index contributed by atoms with van der Waals surface area (Å²) in [6.07, 6.45) is -4.84. The Bertz CT molecular complexity index is 1280. The van der Waals surface area contributed by atoms with Gasteiger partial charge < -0.3 is 10.0 Å². The third-order valence-corrected chi connectivity index (χ3v) is 10.5. The van der Waals surface area contributed by atoms with Crippen LogP contribution in [0.5, 0.6) is 0 Å². The molecular weight excluding hydrogens is 536 g/mol. The van der Waals surface area contributed by atoms with Gasteiger partial charge in [0.25, 0.3) is 10.0 Å². The Morgan fingerprint density at radius 2 is 1.75 bits per heavy atom. The number of piperazine rings is 1. The Morgan fingerprint density at radius 1 is 1.06 bits per heavy atom. The van der Waals surface area contributed by atoms with Crippen molar-refractivity contribution in [2.75, 3.05) is 30.3 Å². The molecule has 0 saturated carbocycles. The van der Waals surface area contributed by atoms with Crippen molar-refractivity contribution >= 4 is 38.8 Å². The highest BCUT2D eigenvalue weighted by Crippen LogP contribution is 2.39. The van der Waals surface area contributed by atoms with E-state index < -0.39 is 21.8 Å². The van der Waals surface area contributed by atoms with Gasteiger partial charge >= 0.3 is 6.18 Å². The number of thiophene rings is 1. The first-order valence-electron chi connectivity index (χ1n) is 11.0. The predicted octanol–water partition coefficient (Wildman–Crippen LogP) is 5.33. The van der Waals surface area contributed by atoms with Crippen molar-refractivity contribution in [1.82, 2.24) is 4.31 Å². The van der Waals surface area contributed by atoms with Crippen LogP contribution in [0.25, 0.3) is 0 Å². The quantitative estimate of drug-likeness (QED) is 0.313. The zero-order valence-electron chi connectivity index (χ0n) is 19.2. The number of alkyl halides is 3. The molecule has 12 heteroatoms. The van der Waals surface area contributed by atoms with Crippen molar-refractivity contribution in [3.63, 3.8) is 0 Å². The van der Waals surface area contributed by atoms with E-state index in [0.717, 1.165) is 11.3 Å². The number of anilines is 1. The maximum atomic E-state index is 14.2. The molecule has 2 aromatic carbocycles. The smallest absolute Gasteiger partial charge is 0.376 e. The van der Waals surface area contributed by atoms with E-state index in [1.807, 2.05) is 4.90 Å². The Kier molecular flexibility index (Phi) is 7.73. The molecule has 1 aliphatic rings. The second-order valence-electron chi connectivity index (χ2n) is 8.50. The summed E-state index contributed by atoms with van der Waals surface area (Å²) < 4.78 is 81.8. The monoisotopic (exact) mass is 560 g/mol. The predicted molar refractivity (Wildman–Crippen MR) is 133 cm³/mol. The molecule has 1 N–H and O–H groups in total. The standard InChI is InChI=1S/C24H24F4N2O3S3/c1-23(31,24(26,27)28)17-8-10-18(11-9-17)30-13-12-29(36(32,33)22-7-4-14-34-22)15-19(30)16-35-21-6-3-2-5-20(21)25/h2-11,14,19,31H,12-13,15-16H2,1H3/t19-,23-/m1/s1. The maximum absolute atomic E-state index is 14.2. The fourth-order valence-corrected chi connectivity index (χ4v) is 7.61. The highest BCUT2D eigenvalue weighted by molar-refractivity contribution is 7.99. The number of halogens is 4. The molecule has 0 amide bonds. The number of thioether (sulfide) groups is 1. The number of sulfonamides is 1. The minimum Gasteiger partial charge on any atom is -0.376 e. The van der Waals surface area contributed by atoms with Crippen LogP contribution in [0.15, 0.2) is 75.1 Å². The largest absolute Gasteiger partial charge is 0.421 e. The average Bonchev–Trinajstić information content (AvgIpc) is 3.39. The molecule has 5 nitrogen and oxygen atoms in total. The van der Waals surface area contributed by atoms with Gasteiger partial charge in [0.2, 0.25) is 0 Å². The van der Waals surface area contributed by atoms with Crippen LogP contribution in [0.4, 0.5) is 23.2 Å². The Hall–Kier alpha value is -2.12. The zero-order chi connectivity index (χ0) is 26.1. The first kappa shape index (κ1) is 26.9. The number of rotatable bonds is 7. The highest BCUT2D eigenvalue weighted by atomic mass is 32.2. The van der Waals surface area contributed by atoms with E-state index in [2.05, 4.69) is 0 Å². The third-order valence-electron chi connectivity index (χ3n) is 6.12. The van der Waals surface area contributed by atoms with Gasteiger partial charge in [0.1, 0.15) is 10.0 Å².